The molecule has 2 saturated heterocycles. The van der Waals surface area contributed by atoms with E-state index in [-0.39, 0.29) is 34.6 Å². The van der Waals surface area contributed by atoms with Gasteiger partial charge < -0.3 is 9.47 Å². The zero-order valence-corrected chi connectivity index (χ0v) is 12.8. The fraction of sp³-hybridized carbons (Fsp3) is 0.312. The quantitative estimate of drug-likeness (QED) is 0.466. The van der Waals surface area contributed by atoms with E-state index in [1.807, 2.05) is 12.2 Å². The van der Waals surface area contributed by atoms with Crippen LogP contribution in [0.25, 0.3) is 0 Å². The lowest BCUT2D eigenvalue weighted by atomic mass is 9.85. The second kappa shape index (κ2) is 4.91. The minimum atomic E-state index is -0.624. The largest absolute Gasteiger partial charge is 0.465 e. The molecule has 0 aromatic heterocycles. The fourth-order valence-corrected chi connectivity index (χ4v) is 3.67. The monoisotopic (exact) mass is 333 g/mol. The Bertz CT molecular complexity index is 744. The van der Waals surface area contributed by atoms with Crippen LogP contribution in [-0.4, -0.2) is 37.1 Å². The molecule has 0 saturated carbocycles. The Hall–Kier alpha value is -2.18. The normalized spacial score (nSPS) is 31.0. The van der Waals surface area contributed by atoms with E-state index in [1.165, 1.54) is 19.2 Å². The van der Waals surface area contributed by atoms with Crippen molar-refractivity contribution in [3.8, 4) is 0 Å². The van der Waals surface area contributed by atoms with Crippen LogP contribution in [0.1, 0.15) is 10.4 Å². The molecule has 23 heavy (non-hydrogen) atoms. The van der Waals surface area contributed by atoms with Crippen molar-refractivity contribution < 1.29 is 23.9 Å². The molecule has 2 amide bonds. The number of ether oxygens (including phenoxy) is 2. The highest BCUT2D eigenvalue weighted by atomic mass is 35.5. The van der Waals surface area contributed by atoms with Gasteiger partial charge in [0.25, 0.3) is 0 Å². The summed E-state index contributed by atoms with van der Waals surface area (Å²) in [6.07, 6.45) is 2.95. The van der Waals surface area contributed by atoms with Crippen LogP contribution in [0.3, 0.4) is 0 Å². The van der Waals surface area contributed by atoms with Crippen LogP contribution in [0.4, 0.5) is 5.69 Å². The third kappa shape index (κ3) is 1.88. The first-order chi connectivity index (χ1) is 11.0. The highest BCUT2D eigenvalue weighted by Crippen LogP contribution is 2.46. The third-order valence-electron chi connectivity index (χ3n) is 4.52. The Balaban J connectivity index is 1.73. The molecule has 0 spiro atoms. The number of amides is 2. The van der Waals surface area contributed by atoms with E-state index < -0.39 is 17.8 Å². The second-order valence-corrected chi connectivity index (χ2v) is 6.08. The molecule has 4 atom stereocenters. The molecule has 3 aliphatic rings. The molecular weight excluding hydrogens is 322 g/mol. The van der Waals surface area contributed by atoms with Gasteiger partial charge in [0, 0.05) is 0 Å². The van der Waals surface area contributed by atoms with Gasteiger partial charge in [-0.25, -0.2) is 9.69 Å². The van der Waals surface area contributed by atoms with Crippen LogP contribution in [0, 0.1) is 11.8 Å². The van der Waals surface area contributed by atoms with Gasteiger partial charge in [-0.2, -0.15) is 0 Å². The molecular formula is C16H12ClNO5. The van der Waals surface area contributed by atoms with E-state index in [1.54, 1.807) is 6.07 Å². The number of benzene rings is 1. The first kappa shape index (κ1) is 14.4. The van der Waals surface area contributed by atoms with Gasteiger partial charge in [0.05, 0.1) is 47.4 Å². The van der Waals surface area contributed by atoms with Crippen molar-refractivity contribution in [3.63, 3.8) is 0 Å². The van der Waals surface area contributed by atoms with Gasteiger partial charge in [-0.05, 0) is 18.2 Å². The molecule has 1 aromatic carbocycles. The maximum atomic E-state index is 12.7. The molecule has 7 heteroatoms. The van der Waals surface area contributed by atoms with Gasteiger partial charge in [-0.1, -0.05) is 23.8 Å². The Morgan fingerprint density at radius 2 is 1.78 bits per heavy atom. The lowest BCUT2D eigenvalue weighted by Gasteiger charge is -2.18. The third-order valence-corrected chi connectivity index (χ3v) is 4.85. The smallest absolute Gasteiger partial charge is 0.339 e. The number of nitrogens with zero attached hydrogens (tertiary/aromatic N) is 1. The topological polar surface area (TPSA) is 72.9 Å². The average molecular weight is 334 g/mol. The summed E-state index contributed by atoms with van der Waals surface area (Å²) in [5.74, 6) is -2.23. The van der Waals surface area contributed by atoms with Gasteiger partial charge in [0.1, 0.15) is 0 Å². The molecule has 118 valence electrons. The predicted molar refractivity (Wildman–Crippen MR) is 80.1 cm³/mol. The summed E-state index contributed by atoms with van der Waals surface area (Å²) in [7, 11) is 1.24. The summed E-state index contributed by atoms with van der Waals surface area (Å²) >= 11 is 5.98. The summed E-state index contributed by atoms with van der Waals surface area (Å²) in [5.41, 5.74) is 0.431. The summed E-state index contributed by atoms with van der Waals surface area (Å²) in [4.78, 5) is 38.2. The van der Waals surface area contributed by atoms with Crippen molar-refractivity contribution in [1.82, 2.24) is 0 Å². The maximum absolute atomic E-state index is 12.7. The minimum absolute atomic E-state index is 0.113. The first-order valence-electron chi connectivity index (χ1n) is 7.12. The highest BCUT2D eigenvalue weighted by Gasteiger charge is 2.61. The van der Waals surface area contributed by atoms with Crippen molar-refractivity contribution in [1.29, 1.82) is 0 Å². The van der Waals surface area contributed by atoms with Crippen molar-refractivity contribution in [2.24, 2.45) is 11.8 Å². The van der Waals surface area contributed by atoms with Crippen LogP contribution < -0.4 is 4.90 Å². The highest BCUT2D eigenvalue weighted by molar-refractivity contribution is 6.34. The van der Waals surface area contributed by atoms with Crippen LogP contribution in [-0.2, 0) is 19.1 Å². The molecule has 0 unspecified atom stereocenters. The lowest BCUT2D eigenvalue weighted by Crippen LogP contribution is -2.34. The number of hydrogen-bond acceptors (Lipinski definition) is 5. The number of carbonyl (C=O) groups is 3. The number of anilines is 1. The van der Waals surface area contributed by atoms with E-state index in [9.17, 15) is 14.4 Å². The van der Waals surface area contributed by atoms with Crippen LogP contribution in [0.5, 0.6) is 0 Å². The van der Waals surface area contributed by atoms with Crippen LogP contribution >= 0.6 is 11.6 Å². The molecule has 6 nitrogen and oxygen atoms in total. The molecule has 0 N–H and O–H groups in total. The summed E-state index contributed by atoms with van der Waals surface area (Å²) in [6, 6.07) is 4.42. The molecule has 4 rings (SSSR count). The SMILES string of the molecule is COC(=O)c1cc(N2C(=O)[C@@H]3[C@@H](C2=O)[C@H]2C=C[C@H]3O2)ccc1Cl. The van der Waals surface area contributed by atoms with Crippen LogP contribution in [0.2, 0.25) is 5.02 Å². The first-order valence-corrected chi connectivity index (χ1v) is 7.50. The molecule has 2 fully saturated rings. The molecule has 3 aliphatic heterocycles. The van der Waals surface area contributed by atoms with Gasteiger partial charge >= 0.3 is 5.97 Å². The number of esters is 1. The predicted octanol–water partition coefficient (Wildman–Crippen LogP) is 1.57. The van der Waals surface area contributed by atoms with Crippen molar-refractivity contribution in [3.05, 3.63) is 40.9 Å². The molecule has 0 radical (unpaired) electrons. The number of fused-ring (bicyclic) bond motifs is 5. The number of imide groups is 1. The van der Waals surface area contributed by atoms with Crippen molar-refractivity contribution in [2.45, 2.75) is 12.2 Å². The van der Waals surface area contributed by atoms with Crippen molar-refractivity contribution >= 4 is 35.1 Å². The number of hydrogen-bond donors (Lipinski definition) is 0. The molecule has 1 aromatic rings. The Kier molecular flexibility index (Phi) is 3.08. The van der Waals surface area contributed by atoms with Crippen LogP contribution in [0.15, 0.2) is 30.4 Å². The standard InChI is InChI=1S/C16H12ClNO5/c1-22-16(21)8-6-7(2-3-9(8)17)18-14(19)12-10-4-5-11(23-10)13(12)15(18)20/h2-6,10-13H,1H3/t10-,11-,12+,13+/m1/s1. The van der Waals surface area contributed by atoms with E-state index in [4.69, 9.17) is 16.3 Å². The molecule has 2 bridgehead atoms. The Morgan fingerprint density at radius 3 is 2.35 bits per heavy atom. The second-order valence-electron chi connectivity index (χ2n) is 5.67. The van der Waals surface area contributed by atoms with E-state index in [0.717, 1.165) is 4.90 Å². The minimum Gasteiger partial charge on any atom is -0.465 e. The van der Waals surface area contributed by atoms with Gasteiger partial charge in [-0.3, -0.25) is 9.59 Å². The molecule has 0 aliphatic carbocycles. The average Bonchev–Trinajstić information content (AvgIpc) is 3.22. The number of halogens is 1. The summed E-state index contributed by atoms with van der Waals surface area (Å²) in [6.45, 7) is 0. The number of carbonyl (C=O) groups excluding carboxylic acids is 3. The Morgan fingerprint density at radius 1 is 1.17 bits per heavy atom. The number of methoxy groups -OCH3 is 1. The van der Waals surface area contributed by atoms with Gasteiger partial charge in [0.2, 0.25) is 11.8 Å². The van der Waals surface area contributed by atoms with E-state index >= 15 is 0 Å². The fourth-order valence-electron chi connectivity index (χ4n) is 3.48. The summed E-state index contributed by atoms with van der Waals surface area (Å²) in [5, 5.41) is 0.199. The van der Waals surface area contributed by atoms with Gasteiger partial charge in [-0.15, -0.1) is 0 Å². The Labute approximate surface area is 136 Å². The zero-order valence-electron chi connectivity index (χ0n) is 12.1. The zero-order chi connectivity index (χ0) is 16.3. The lowest BCUT2D eigenvalue weighted by molar-refractivity contribution is -0.124. The van der Waals surface area contributed by atoms with Crippen molar-refractivity contribution in [2.75, 3.05) is 12.0 Å². The van der Waals surface area contributed by atoms with E-state index in [2.05, 4.69) is 4.74 Å². The maximum Gasteiger partial charge on any atom is 0.339 e. The molecule has 3 heterocycles. The van der Waals surface area contributed by atoms with E-state index in [0.29, 0.717) is 5.69 Å². The van der Waals surface area contributed by atoms with Gasteiger partial charge in [0.15, 0.2) is 0 Å². The number of rotatable bonds is 2. The summed E-state index contributed by atoms with van der Waals surface area (Å²) < 4.78 is 10.3.